The van der Waals surface area contributed by atoms with Crippen LogP contribution in [0.4, 0.5) is 0 Å². The number of nitrogens with zero attached hydrogens (tertiary/aromatic N) is 1. The Bertz CT molecular complexity index is 625. The molecule has 2 aliphatic heterocycles. The average Bonchev–Trinajstić information content (AvgIpc) is 2.91. The molecule has 2 bridgehead atoms. The molecule has 2 heterocycles. The molecule has 3 rings (SSSR count). The first-order valence-electron chi connectivity index (χ1n) is 8.74. The normalized spacial score (nSPS) is 25.6. The fraction of sp³-hybridized carbons (Fsp3) is 0.579. The zero-order valence-electron chi connectivity index (χ0n) is 15.0. The van der Waals surface area contributed by atoms with Crippen molar-refractivity contribution in [2.75, 3.05) is 7.05 Å². The van der Waals surface area contributed by atoms with E-state index in [0.717, 1.165) is 12.8 Å². The summed E-state index contributed by atoms with van der Waals surface area (Å²) >= 11 is 0. The third-order valence-corrected chi connectivity index (χ3v) is 5.24. The van der Waals surface area contributed by atoms with Crippen molar-refractivity contribution in [3.8, 4) is 5.75 Å². The number of halogens is 1. The van der Waals surface area contributed by atoms with Crippen molar-refractivity contribution in [3.05, 3.63) is 29.8 Å². The number of Topliss-reactive ketones (excluding diaryl/α,β-unsaturated/α-hetero) is 1. The fourth-order valence-corrected chi connectivity index (χ4v) is 3.85. The monoisotopic (exact) mass is 366 g/mol. The smallest absolute Gasteiger partial charge is 0.263 e. The molecule has 138 valence electrons. The lowest BCUT2D eigenvalue weighted by molar-refractivity contribution is -0.139. The molecule has 5 nitrogen and oxygen atoms in total. The van der Waals surface area contributed by atoms with Crippen LogP contribution in [0.1, 0.15) is 49.9 Å². The van der Waals surface area contributed by atoms with E-state index in [1.54, 1.807) is 31.2 Å². The standard InChI is InChI=1S/C19H26N2O3.ClH/c1-12(22)14-5-4-6-18(9-14)24-13(2)19(23)21(3)17-10-15-7-8-16(11-17)20-15;/h4-6,9,13,15-17,20H,7-8,10-11H2,1-3H3;1H. The maximum absolute atomic E-state index is 12.7. The van der Waals surface area contributed by atoms with Gasteiger partial charge in [-0.1, -0.05) is 12.1 Å². The van der Waals surface area contributed by atoms with Crippen molar-refractivity contribution >= 4 is 24.1 Å². The summed E-state index contributed by atoms with van der Waals surface area (Å²) in [6.07, 6.45) is 3.90. The third-order valence-electron chi connectivity index (χ3n) is 5.24. The van der Waals surface area contributed by atoms with Crippen LogP contribution in [0.5, 0.6) is 5.75 Å². The topological polar surface area (TPSA) is 58.6 Å². The molecule has 25 heavy (non-hydrogen) atoms. The Morgan fingerprint density at radius 3 is 2.48 bits per heavy atom. The van der Waals surface area contributed by atoms with Crippen LogP contribution in [0.15, 0.2) is 24.3 Å². The summed E-state index contributed by atoms with van der Waals surface area (Å²) in [4.78, 5) is 26.0. The van der Waals surface area contributed by atoms with Crippen LogP contribution in [0.25, 0.3) is 0 Å². The highest BCUT2D eigenvalue weighted by Crippen LogP contribution is 2.29. The number of ether oxygens (including phenoxy) is 1. The van der Waals surface area contributed by atoms with Crippen LogP contribution in [-0.2, 0) is 4.79 Å². The number of benzene rings is 1. The first-order valence-corrected chi connectivity index (χ1v) is 8.74. The summed E-state index contributed by atoms with van der Waals surface area (Å²) in [7, 11) is 1.88. The van der Waals surface area contributed by atoms with Crippen molar-refractivity contribution in [1.29, 1.82) is 0 Å². The number of ketones is 1. The number of nitrogens with one attached hydrogen (secondary N) is 1. The molecule has 3 atom stereocenters. The van der Waals surface area contributed by atoms with E-state index in [9.17, 15) is 9.59 Å². The van der Waals surface area contributed by atoms with Crippen molar-refractivity contribution in [1.82, 2.24) is 10.2 Å². The van der Waals surface area contributed by atoms with Crippen LogP contribution >= 0.6 is 12.4 Å². The minimum absolute atomic E-state index is 0. The lowest BCUT2D eigenvalue weighted by Crippen LogP contribution is -2.51. The van der Waals surface area contributed by atoms with Gasteiger partial charge >= 0.3 is 0 Å². The van der Waals surface area contributed by atoms with Crippen molar-refractivity contribution in [2.45, 2.75) is 63.8 Å². The van der Waals surface area contributed by atoms with Crippen LogP contribution in [0.2, 0.25) is 0 Å². The largest absolute Gasteiger partial charge is 0.481 e. The van der Waals surface area contributed by atoms with E-state index in [4.69, 9.17) is 4.74 Å². The Morgan fingerprint density at radius 1 is 1.24 bits per heavy atom. The molecule has 1 aromatic rings. The summed E-state index contributed by atoms with van der Waals surface area (Å²) < 4.78 is 5.79. The second kappa shape index (κ2) is 8.19. The molecular formula is C19H27ClN2O3. The van der Waals surface area contributed by atoms with Gasteiger partial charge in [0.2, 0.25) is 0 Å². The van der Waals surface area contributed by atoms with Gasteiger partial charge in [0.1, 0.15) is 5.75 Å². The molecule has 0 aliphatic carbocycles. The number of fused-ring (bicyclic) bond motifs is 2. The average molecular weight is 367 g/mol. The summed E-state index contributed by atoms with van der Waals surface area (Å²) in [6, 6.07) is 8.37. The number of carbonyl (C=O) groups is 2. The van der Waals surface area contributed by atoms with E-state index in [2.05, 4.69) is 5.32 Å². The van der Waals surface area contributed by atoms with E-state index in [0.29, 0.717) is 23.4 Å². The molecule has 2 saturated heterocycles. The maximum Gasteiger partial charge on any atom is 0.263 e. The highest BCUT2D eigenvalue weighted by Gasteiger charge is 2.37. The van der Waals surface area contributed by atoms with E-state index in [1.165, 1.54) is 19.8 Å². The predicted molar refractivity (Wildman–Crippen MR) is 99.5 cm³/mol. The van der Waals surface area contributed by atoms with Gasteiger partial charge in [0.05, 0.1) is 0 Å². The molecule has 0 aromatic heterocycles. The number of hydrogen-bond donors (Lipinski definition) is 1. The highest BCUT2D eigenvalue weighted by atomic mass is 35.5. The minimum Gasteiger partial charge on any atom is -0.481 e. The Kier molecular flexibility index (Phi) is 6.47. The van der Waals surface area contributed by atoms with E-state index in [1.807, 2.05) is 11.9 Å². The van der Waals surface area contributed by atoms with Crippen molar-refractivity contribution in [3.63, 3.8) is 0 Å². The van der Waals surface area contributed by atoms with Gasteiger partial charge in [0.25, 0.3) is 5.91 Å². The Morgan fingerprint density at radius 2 is 1.88 bits per heavy atom. The molecule has 1 amide bonds. The zero-order valence-corrected chi connectivity index (χ0v) is 15.8. The van der Waals surface area contributed by atoms with Gasteiger partial charge in [-0.15, -0.1) is 12.4 Å². The number of amides is 1. The van der Waals surface area contributed by atoms with Gasteiger partial charge < -0.3 is 15.0 Å². The maximum atomic E-state index is 12.7. The molecule has 2 aliphatic rings. The Balaban J connectivity index is 0.00000225. The lowest BCUT2D eigenvalue weighted by atomic mass is 9.98. The first kappa shape index (κ1) is 19.7. The van der Waals surface area contributed by atoms with Gasteiger partial charge in [0, 0.05) is 30.7 Å². The first-order chi connectivity index (χ1) is 11.4. The predicted octanol–water partition coefficient (Wildman–Crippen LogP) is 2.82. The summed E-state index contributed by atoms with van der Waals surface area (Å²) in [5.41, 5.74) is 0.593. The lowest BCUT2D eigenvalue weighted by Gasteiger charge is -2.36. The molecule has 2 fully saturated rings. The van der Waals surface area contributed by atoms with Gasteiger partial charge in [-0.2, -0.15) is 0 Å². The van der Waals surface area contributed by atoms with Crippen molar-refractivity contribution in [2.24, 2.45) is 0 Å². The molecule has 3 unspecified atom stereocenters. The van der Waals surface area contributed by atoms with E-state index >= 15 is 0 Å². The van der Waals surface area contributed by atoms with Crippen LogP contribution in [-0.4, -0.2) is 47.9 Å². The van der Waals surface area contributed by atoms with Crippen molar-refractivity contribution < 1.29 is 14.3 Å². The van der Waals surface area contributed by atoms with Gasteiger partial charge in [-0.25, -0.2) is 0 Å². The quantitative estimate of drug-likeness (QED) is 0.814. The highest BCUT2D eigenvalue weighted by molar-refractivity contribution is 5.94. The zero-order chi connectivity index (χ0) is 17.3. The van der Waals surface area contributed by atoms with Crippen LogP contribution in [0.3, 0.4) is 0 Å². The SMILES string of the molecule is CC(=O)c1cccc(OC(C)C(=O)N(C)C2CC3CCC(C2)N3)c1.Cl. The van der Waals surface area contributed by atoms with Gasteiger partial charge in [-0.05, 0) is 51.7 Å². The summed E-state index contributed by atoms with van der Waals surface area (Å²) in [6.45, 7) is 3.29. The molecule has 1 aromatic carbocycles. The Hall–Kier alpha value is -1.59. The second-order valence-electron chi connectivity index (χ2n) is 7.06. The molecule has 0 saturated carbocycles. The number of likely N-dealkylation sites (N-methyl/N-ethyl adjacent to an activating group) is 1. The molecule has 0 spiro atoms. The Labute approximate surface area is 155 Å². The number of carbonyl (C=O) groups excluding carboxylic acids is 2. The van der Waals surface area contributed by atoms with Crippen LogP contribution < -0.4 is 10.1 Å². The van der Waals surface area contributed by atoms with Gasteiger partial charge in [-0.3, -0.25) is 9.59 Å². The van der Waals surface area contributed by atoms with Gasteiger partial charge in [0.15, 0.2) is 11.9 Å². The molecule has 6 heteroatoms. The van der Waals surface area contributed by atoms with E-state index in [-0.39, 0.29) is 30.1 Å². The minimum atomic E-state index is -0.565. The molecule has 0 radical (unpaired) electrons. The second-order valence-corrected chi connectivity index (χ2v) is 7.06. The summed E-state index contributed by atoms with van der Waals surface area (Å²) in [5, 5.41) is 3.60. The molecule has 1 N–H and O–H groups in total. The fourth-order valence-electron chi connectivity index (χ4n) is 3.85. The summed E-state index contributed by atoms with van der Waals surface area (Å²) in [5.74, 6) is 0.540. The number of hydrogen-bond acceptors (Lipinski definition) is 4. The molecular weight excluding hydrogens is 340 g/mol. The van der Waals surface area contributed by atoms with E-state index < -0.39 is 6.10 Å². The third kappa shape index (κ3) is 4.53. The number of rotatable bonds is 5. The number of piperidine rings is 1. The van der Waals surface area contributed by atoms with Crippen LogP contribution in [0, 0.1) is 0 Å².